The maximum atomic E-state index is 13.1. The number of methoxy groups -OCH3 is 1. The van der Waals surface area contributed by atoms with E-state index in [4.69, 9.17) is 14.5 Å². The van der Waals surface area contributed by atoms with Gasteiger partial charge >= 0.3 is 0 Å². The minimum absolute atomic E-state index is 0.215. The van der Waals surface area contributed by atoms with Crippen LogP contribution in [0.4, 0.5) is 11.4 Å². The van der Waals surface area contributed by atoms with Crippen molar-refractivity contribution in [3.8, 4) is 5.75 Å². The molecule has 4 rings (SSSR count). The maximum absolute atomic E-state index is 13.1. The van der Waals surface area contributed by atoms with Gasteiger partial charge in [-0.05, 0) is 62.2 Å². The van der Waals surface area contributed by atoms with Crippen LogP contribution < -0.4 is 10.1 Å². The molecule has 0 saturated carbocycles. The number of likely N-dealkylation sites (tertiary alicyclic amines) is 1. The molecule has 1 saturated heterocycles. The van der Waals surface area contributed by atoms with E-state index in [1.807, 2.05) is 13.1 Å². The van der Waals surface area contributed by atoms with Crippen molar-refractivity contribution in [1.29, 1.82) is 0 Å². The van der Waals surface area contributed by atoms with E-state index in [9.17, 15) is 9.59 Å². The van der Waals surface area contributed by atoms with E-state index in [2.05, 4.69) is 40.9 Å². The molecule has 2 aliphatic rings. The molecular weight excluding hydrogens is 526 g/mol. The van der Waals surface area contributed by atoms with Crippen molar-refractivity contribution in [1.82, 2.24) is 14.1 Å². The van der Waals surface area contributed by atoms with Crippen molar-refractivity contribution in [3.05, 3.63) is 53.1 Å². The van der Waals surface area contributed by atoms with Gasteiger partial charge in [0.1, 0.15) is 23.8 Å². The first-order valence-corrected chi connectivity index (χ1v) is 14.5. The molecule has 2 heterocycles. The number of carbonyl (C=O) groups is 2. The maximum Gasteiger partial charge on any atom is 0.263 e. The number of amides is 1. The van der Waals surface area contributed by atoms with Gasteiger partial charge < -0.3 is 14.8 Å². The standard InChI is InChI=1S/C30H41N5O4S/c1-4-10-33-12-13-35(40)30(37)24-8-5-7-23(18-24)27(21-36)32-29-26(31-2)16-22(17-28(29)39-15-14-33)19-34-11-6-9-25(20-34)38-3/h5,7-8,16-18,21,25,31,40H,4,6,9-15,19-20H2,1-3H3. The molecule has 10 heteroatoms. The van der Waals surface area contributed by atoms with Crippen LogP contribution in [-0.4, -0.2) is 98.1 Å². The second-order valence-electron chi connectivity index (χ2n) is 10.3. The van der Waals surface area contributed by atoms with Crippen LogP contribution in [-0.2, 0) is 16.1 Å². The van der Waals surface area contributed by atoms with Crippen molar-refractivity contribution in [2.24, 2.45) is 4.99 Å². The normalized spacial score (nSPS) is 19.6. The number of thiol groups is 1. The number of ether oxygens (including phenoxy) is 2. The fourth-order valence-electron chi connectivity index (χ4n) is 5.29. The summed E-state index contributed by atoms with van der Waals surface area (Å²) in [5.41, 5.74) is 3.67. The van der Waals surface area contributed by atoms with Gasteiger partial charge in [-0.2, -0.15) is 0 Å². The summed E-state index contributed by atoms with van der Waals surface area (Å²) in [6.07, 6.45) is 4.13. The first-order valence-electron chi connectivity index (χ1n) is 14.1. The highest BCUT2D eigenvalue weighted by molar-refractivity contribution is 7.78. The molecule has 0 aliphatic carbocycles. The van der Waals surface area contributed by atoms with Crippen LogP contribution in [0.5, 0.6) is 5.75 Å². The van der Waals surface area contributed by atoms with Crippen LogP contribution in [0.2, 0.25) is 0 Å². The summed E-state index contributed by atoms with van der Waals surface area (Å²) in [4.78, 5) is 34.9. The zero-order chi connectivity index (χ0) is 28.5. The van der Waals surface area contributed by atoms with E-state index in [1.54, 1.807) is 31.4 Å². The molecule has 9 nitrogen and oxygen atoms in total. The molecule has 1 N–H and O–H groups in total. The van der Waals surface area contributed by atoms with Gasteiger partial charge in [0.15, 0.2) is 6.29 Å². The summed E-state index contributed by atoms with van der Waals surface area (Å²) < 4.78 is 13.5. The van der Waals surface area contributed by atoms with Crippen LogP contribution >= 0.6 is 12.8 Å². The quantitative estimate of drug-likeness (QED) is 0.386. The van der Waals surface area contributed by atoms with E-state index < -0.39 is 0 Å². The number of piperidine rings is 1. The Hall–Kier alpha value is -2.92. The van der Waals surface area contributed by atoms with Crippen molar-refractivity contribution in [2.45, 2.75) is 38.8 Å². The fourth-order valence-corrected chi connectivity index (χ4v) is 5.50. The lowest BCUT2D eigenvalue weighted by Gasteiger charge is -2.32. The highest BCUT2D eigenvalue weighted by atomic mass is 32.1. The number of nitrogens with one attached hydrogen (secondary N) is 1. The summed E-state index contributed by atoms with van der Waals surface area (Å²) in [6.45, 7) is 7.94. The second-order valence-corrected chi connectivity index (χ2v) is 10.8. The lowest BCUT2D eigenvalue weighted by Crippen LogP contribution is -2.38. The number of hydrogen-bond donors (Lipinski definition) is 2. The molecule has 1 fully saturated rings. The Morgan fingerprint density at radius 3 is 2.73 bits per heavy atom. The van der Waals surface area contributed by atoms with Crippen molar-refractivity contribution >= 4 is 42.1 Å². The summed E-state index contributed by atoms with van der Waals surface area (Å²) in [6, 6.07) is 11.1. The number of aliphatic imine (C=N–C) groups is 1. The SMILES string of the molecule is CCCN1CCOc2cc(CN3CCCC(OC)C3)cc(NC)c2N=C(C=O)c2cccc(c2)C(=O)N(S)CC1. The van der Waals surface area contributed by atoms with Crippen LogP contribution in [0.1, 0.15) is 47.7 Å². The molecule has 40 heavy (non-hydrogen) atoms. The van der Waals surface area contributed by atoms with Crippen molar-refractivity contribution in [3.63, 3.8) is 0 Å². The highest BCUT2D eigenvalue weighted by Gasteiger charge is 2.22. The smallest absolute Gasteiger partial charge is 0.263 e. The lowest BCUT2D eigenvalue weighted by molar-refractivity contribution is -0.102. The fraction of sp³-hybridized carbons (Fsp3) is 0.500. The molecular formula is C30H41N5O4S. The summed E-state index contributed by atoms with van der Waals surface area (Å²) in [5, 5.41) is 3.26. The van der Waals surface area contributed by atoms with E-state index in [-0.39, 0.29) is 17.7 Å². The van der Waals surface area contributed by atoms with Gasteiger partial charge in [-0.15, -0.1) is 0 Å². The molecule has 0 radical (unpaired) electrons. The lowest BCUT2D eigenvalue weighted by atomic mass is 10.0. The highest BCUT2D eigenvalue weighted by Crippen LogP contribution is 2.38. The Balaban J connectivity index is 1.76. The molecule has 1 amide bonds. The average molecular weight is 568 g/mol. The first kappa shape index (κ1) is 30.0. The minimum atomic E-state index is -0.215. The topological polar surface area (TPSA) is 86.7 Å². The van der Waals surface area contributed by atoms with Gasteiger partial charge in [0.2, 0.25) is 0 Å². The van der Waals surface area contributed by atoms with E-state index >= 15 is 0 Å². The third kappa shape index (κ3) is 7.63. The predicted molar refractivity (Wildman–Crippen MR) is 162 cm³/mol. The number of hydrogen-bond acceptors (Lipinski definition) is 9. The molecule has 2 aromatic rings. The van der Waals surface area contributed by atoms with Crippen molar-refractivity contribution in [2.75, 3.05) is 65.3 Å². The molecule has 1 unspecified atom stereocenters. The number of nitrogens with zero attached hydrogens (tertiary/aromatic N) is 4. The number of rotatable bonds is 7. The average Bonchev–Trinajstić information content (AvgIpc) is 2.98. The molecule has 0 aromatic heterocycles. The van der Waals surface area contributed by atoms with Gasteiger partial charge in [-0.1, -0.05) is 31.9 Å². The van der Waals surface area contributed by atoms with E-state index in [0.717, 1.165) is 63.0 Å². The Labute approximate surface area is 243 Å². The number of anilines is 1. The monoisotopic (exact) mass is 567 g/mol. The Bertz CT molecular complexity index is 1210. The van der Waals surface area contributed by atoms with Gasteiger partial charge in [-0.25, -0.2) is 4.99 Å². The van der Waals surface area contributed by atoms with Crippen molar-refractivity contribution < 1.29 is 19.1 Å². The molecule has 2 aliphatic heterocycles. The van der Waals surface area contributed by atoms with Gasteiger partial charge in [0.05, 0.1) is 11.8 Å². The predicted octanol–water partition coefficient (Wildman–Crippen LogP) is 4.05. The molecule has 0 spiro atoms. The summed E-state index contributed by atoms with van der Waals surface area (Å²) >= 11 is 4.46. The molecule has 2 aromatic carbocycles. The number of carbonyl (C=O) groups excluding carboxylic acids is 2. The molecule has 2 bridgehead atoms. The third-order valence-corrected chi connectivity index (χ3v) is 7.80. The van der Waals surface area contributed by atoms with Crippen LogP contribution in [0.3, 0.4) is 0 Å². The van der Waals surface area contributed by atoms with Crippen LogP contribution in [0.25, 0.3) is 0 Å². The Morgan fingerprint density at radius 2 is 1.98 bits per heavy atom. The first-order chi connectivity index (χ1) is 19.4. The Morgan fingerprint density at radius 1 is 1.15 bits per heavy atom. The third-order valence-electron chi connectivity index (χ3n) is 7.42. The summed E-state index contributed by atoms with van der Waals surface area (Å²) in [5.74, 6) is 0.406. The zero-order valence-corrected chi connectivity index (χ0v) is 24.7. The van der Waals surface area contributed by atoms with Gasteiger partial charge in [0.25, 0.3) is 5.91 Å². The zero-order valence-electron chi connectivity index (χ0n) is 23.8. The molecule has 216 valence electrons. The summed E-state index contributed by atoms with van der Waals surface area (Å²) in [7, 11) is 3.62. The van der Waals surface area contributed by atoms with Crippen LogP contribution in [0, 0.1) is 0 Å². The van der Waals surface area contributed by atoms with Gasteiger partial charge in [-0.3, -0.25) is 23.7 Å². The minimum Gasteiger partial charge on any atom is -0.490 e. The number of fused-ring (bicyclic) bond motifs is 3. The number of aldehydes is 1. The van der Waals surface area contributed by atoms with Gasteiger partial charge in [0, 0.05) is 58.0 Å². The second kappa shape index (κ2) is 14.6. The van der Waals surface area contributed by atoms with Crippen LogP contribution in [0.15, 0.2) is 41.4 Å². The van der Waals surface area contributed by atoms with E-state index in [0.29, 0.717) is 48.8 Å². The Kier molecular flexibility index (Phi) is 11.0. The van der Waals surface area contributed by atoms with E-state index in [1.165, 1.54) is 4.31 Å². The largest absolute Gasteiger partial charge is 0.490 e. The molecule has 1 atom stereocenters. The number of benzene rings is 2.